The van der Waals surface area contributed by atoms with Crippen molar-refractivity contribution in [2.24, 2.45) is 5.73 Å². The number of carbonyl (C=O) groups is 3. The highest BCUT2D eigenvalue weighted by molar-refractivity contribution is 5.94. The second-order valence-electron chi connectivity index (χ2n) is 4.41. The van der Waals surface area contributed by atoms with Crippen molar-refractivity contribution in [3.05, 3.63) is 35.4 Å². The average Bonchev–Trinajstić information content (AvgIpc) is 2.50. The van der Waals surface area contributed by atoms with Gasteiger partial charge in [-0.1, -0.05) is 12.1 Å². The van der Waals surface area contributed by atoms with Crippen molar-refractivity contribution >= 4 is 17.8 Å². The van der Waals surface area contributed by atoms with Gasteiger partial charge >= 0.3 is 5.97 Å². The van der Waals surface area contributed by atoms with E-state index >= 15 is 0 Å². The number of esters is 1. The number of nitrogens with two attached hydrogens (primary N) is 1. The van der Waals surface area contributed by atoms with E-state index in [4.69, 9.17) is 5.73 Å². The molecule has 3 N–H and O–H groups in total. The molecule has 0 spiro atoms. The highest BCUT2D eigenvalue weighted by Crippen LogP contribution is 2.07. The van der Waals surface area contributed by atoms with Crippen molar-refractivity contribution in [3.8, 4) is 0 Å². The first-order valence-corrected chi connectivity index (χ1v) is 6.34. The zero-order valence-electron chi connectivity index (χ0n) is 11.6. The lowest BCUT2D eigenvalue weighted by atomic mass is 10.1. The minimum atomic E-state index is -1.42. The number of carboxylic acids is 1. The number of hydrogen-bond donors (Lipinski definition) is 2. The van der Waals surface area contributed by atoms with Gasteiger partial charge in [-0.25, -0.2) is 0 Å². The number of aliphatic carboxylic acids is 1. The first-order valence-electron chi connectivity index (χ1n) is 6.34. The maximum atomic E-state index is 11.7. The van der Waals surface area contributed by atoms with Gasteiger partial charge in [0.25, 0.3) is 5.91 Å². The molecule has 0 aromatic heterocycles. The van der Waals surface area contributed by atoms with Gasteiger partial charge in [0.1, 0.15) is 0 Å². The second kappa shape index (κ2) is 8.01. The Hall–Kier alpha value is -2.41. The summed E-state index contributed by atoms with van der Waals surface area (Å²) < 4.78 is 4.54. The van der Waals surface area contributed by atoms with Crippen molar-refractivity contribution in [1.82, 2.24) is 5.32 Å². The number of nitrogens with one attached hydrogen (secondary N) is 1. The van der Waals surface area contributed by atoms with Gasteiger partial charge in [-0.05, 0) is 24.1 Å². The van der Waals surface area contributed by atoms with E-state index in [-0.39, 0.29) is 18.9 Å². The second-order valence-corrected chi connectivity index (χ2v) is 4.41. The first-order chi connectivity index (χ1) is 9.93. The summed E-state index contributed by atoms with van der Waals surface area (Å²) in [7, 11) is 1.33. The molecule has 1 aromatic rings. The van der Waals surface area contributed by atoms with Crippen LogP contribution in [0.25, 0.3) is 0 Å². The van der Waals surface area contributed by atoms with E-state index < -0.39 is 17.9 Å². The number of hydrogen-bond acceptors (Lipinski definition) is 6. The average molecular weight is 293 g/mol. The van der Waals surface area contributed by atoms with Crippen molar-refractivity contribution in [2.45, 2.75) is 18.9 Å². The number of benzene rings is 1. The topological polar surface area (TPSA) is 122 Å². The quantitative estimate of drug-likeness (QED) is 0.596. The van der Waals surface area contributed by atoms with Gasteiger partial charge in [0.15, 0.2) is 0 Å². The molecule has 7 heteroatoms. The van der Waals surface area contributed by atoms with E-state index in [1.54, 1.807) is 24.3 Å². The van der Waals surface area contributed by atoms with Crippen LogP contribution in [0.3, 0.4) is 0 Å². The van der Waals surface area contributed by atoms with Crippen LogP contribution in [0.1, 0.15) is 22.3 Å². The minimum Gasteiger partial charge on any atom is -0.548 e. The zero-order valence-corrected chi connectivity index (χ0v) is 11.6. The Kier molecular flexibility index (Phi) is 6.35. The number of carbonyl (C=O) groups excluding carboxylic acids is 3. The molecule has 0 saturated carbocycles. The normalized spacial score (nSPS) is 11.5. The van der Waals surface area contributed by atoms with Crippen LogP contribution in [-0.2, 0) is 20.7 Å². The molecule has 0 aliphatic heterocycles. The molecule has 0 fully saturated rings. The molecule has 0 heterocycles. The minimum absolute atomic E-state index is 0.203. The lowest BCUT2D eigenvalue weighted by Crippen LogP contribution is -2.49. The summed E-state index contributed by atoms with van der Waals surface area (Å²) >= 11 is 0. The highest BCUT2D eigenvalue weighted by atomic mass is 16.5. The van der Waals surface area contributed by atoms with E-state index in [9.17, 15) is 19.5 Å². The van der Waals surface area contributed by atoms with Crippen LogP contribution in [0.2, 0.25) is 0 Å². The SMILES string of the molecule is COC(=O)CCc1ccc(C(=O)NC[C@H](N)C(=O)[O-])cc1. The van der Waals surface area contributed by atoms with Crippen LogP contribution in [0.5, 0.6) is 0 Å². The Balaban J connectivity index is 2.51. The van der Waals surface area contributed by atoms with Gasteiger partial charge < -0.3 is 25.7 Å². The molecule has 7 nitrogen and oxygen atoms in total. The number of ether oxygens (including phenoxy) is 1. The fourth-order valence-electron chi connectivity index (χ4n) is 1.56. The summed E-state index contributed by atoms with van der Waals surface area (Å²) in [5.41, 5.74) is 6.50. The number of amides is 1. The molecule has 1 amide bonds. The fourth-order valence-corrected chi connectivity index (χ4v) is 1.56. The molecule has 1 atom stereocenters. The smallest absolute Gasteiger partial charge is 0.305 e. The predicted molar refractivity (Wildman–Crippen MR) is 72.1 cm³/mol. The Morgan fingerprint density at radius 3 is 2.43 bits per heavy atom. The van der Waals surface area contributed by atoms with Crippen molar-refractivity contribution < 1.29 is 24.2 Å². The molecule has 21 heavy (non-hydrogen) atoms. The van der Waals surface area contributed by atoms with E-state index in [1.807, 2.05) is 0 Å². The van der Waals surface area contributed by atoms with Crippen molar-refractivity contribution in [1.29, 1.82) is 0 Å². The standard InChI is InChI=1S/C14H18N2O5/c1-21-12(17)7-4-9-2-5-10(6-3-9)13(18)16-8-11(15)14(19)20/h2-3,5-6,11H,4,7-8,15H2,1H3,(H,16,18)(H,19,20)/p-1/t11-/m0/s1. The predicted octanol–water partition coefficient (Wildman–Crippen LogP) is -1.40. The monoisotopic (exact) mass is 293 g/mol. The molecule has 0 radical (unpaired) electrons. The largest absolute Gasteiger partial charge is 0.548 e. The Labute approximate surface area is 122 Å². The van der Waals surface area contributed by atoms with E-state index in [0.717, 1.165) is 5.56 Å². The van der Waals surface area contributed by atoms with Crippen LogP contribution in [0.4, 0.5) is 0 Å². The maximum absolute atomic E-state index is 11.7. The Morgan fingerprint density at radius 2 is 1.90 bits per heavy atom. The molecule has 0 bridgehead atoms. The Morgan fingerprint density at radius 1 is 1.29 bits per heavy atom. The lowest BCUT2D eigenvalue weighted by molar-refractivity contribution is -0.307. The number of methoxy groups -OCH3 is 1. The lowest BCUT2D eigenvalue weighted by Gasteiger charge is -2.13. The summed E-state index contributed by atoms with van der Waals surface area (Å²) in [6.45, 7) is -0.203. The maximum Gasteiger partial charge on any atom is 0.305 e. The summed E-state index contributed by atoms with van der Waals surface area (Å²) in [5.74, 6) is -2.15. The molecule has 0 aliphatic carbocycles. The van der Waals surface area contributed by atoms with Crippen molar-refractivity contribution in [3.63, 3.8) is 0 Å². The van der Waals surface area contributed by atoms with Crippen molar-refractivity contribution in [2.75, 3.05) is 13.7 Å². The molecule has 0 aliphatic rings. The van der Waals surface area contributed by atoms with Gasteiger partial charge in [0.05, 0.1) is 19.1 Å². The molecule has 114 valence electrons. The van der Waals surface area contributed by atoms with Crippen LogP contribution in [0, 0.1) is 0 Å². The molecule has 0 saturated heterocycles. The number of carboxylic acid groups (broad SMARTS) is 1. The summed E-state index contributed by atoms with van der Waals surface area (Å²) in [6.07, 6.45) is 0.784. The van der Waals surface area contributed by atoms with Crippen LogP contribution >= 0.6 is 0 Å². The number of aryl methyl sites for hydroxylation is 1. The first kappa shape index (κ1) is 16.6. The van der Waals surface area contributed by atoms with E-state index in [0.29, 0.717) is 12.0 Å². The van der Waals surface area contributed by atoms with Gasteiger partial charge in [-0.15, -0.1) is 0 Å². The molecular formula is C14H17N2O5-. The summed E-state index contributed by atoms with van der Waals surface area (Å²) in [5, 5.41) is 12.8. The molecular weight excluding hydrogens is 276 g/mol. The van der Waals surface area contributed by atoms with Crippen LogP contribution < -0.4 is 16.2 Å². The van der Waals surface area contributed by atoms with Gasteiger partial charge in [-0.2, -0.15) is 0 Å². The van der Waals surface area contributed by atoms with E-state index in [1.165, 1.54) is 7.11 Å². The number of rotatable bonds is 7. The van der Waals surface area contributed by atoms with Gasteiger partial charge in [-0.3, -0.25) is 9.59 Å². The summed E-state index contributed by atoms with van der Waals surface area (Å²) in [4.78, 5) is 33.2. The third kappa shape index (κ3) is 5.62. The molecule has 1 rings (SSSR count). The molecule has 1 aromatic carbocycles. The third-order valence-corrected chi connectivity index (χ3v) is 2.85. The van der Waals surface area contributed by atoms with Crippen LogP contribution in [0.15, 0.2) is 24.3 Å². The fraction of sp³-hybridized carbons (Fsp3) is 0.357. The van der Waals surface area contributed by atoms with Gasteiger partial charge in [0.2, 0.25) is 0 Å². The Bertz CT molecular complexity index is 513. The summed E-state index contributed by atoms with van der Waals surface area (Å²) in [6, 6.07) is 5.37. The molecule has 0 unspecified atom stereocenters. The van der Waals surface area contributed by atoms with Gasteiger partial charge in [0, 0.05) is 18.5 Å². The van der Waals surface area contributed by atoms with E-state index in [2.05, 4.69) is 10.1 Å². The highest BCUT2D eigenvalue weighted by Gasteiger charge is 2.09. The third-order valence-electron chi connectivity index (χ3n) is 2.85. The van der Waals surface area contributed by atoms with Crippen LogP contribution in [-0.4, -0.2) is 37.5 Å². The zero-order chi connectivity index (χ0) is 15.8.